The zero-order valence-electron chi connectivity index (χ0n) is 13.0. The number of carbonyl (C=O) groups excluding carboxylic acids is 1. The van der Waals surface area contributed by atoms with Crippen molar-refractivity contribution in [3.05, 3.63) is 35.9 Å². The van der Waals surface area contributed by atoms with Gasteiger partial charge in [0, 0.05) is 19.6 Å². The number of urea groups is 1. The van der Waals surface area contributed by atoms with E-state index in [1.54, 1.807) is 7.05 Å². The summed E-state index contributed by atoms with van der Waals surface area (Å²) in [5.41, 5.74) is 1.38. The summed E-state index contributed by atoms with van der Waals surface area (Å²) in [7, 11) is 1.63. The fourth-order valence-electron chi connectivity index (χ4n) is 2.95. The van der Waals surface area contributed by atoms with Gasteiger partial charge in [0.2, 0.25) is 0 Å². The molecule has 0 unspecified atom stereocenters. The van der Waals surface area contributed by atoms with Crippen molar-refractivity contribution in [1.29, 1.82) is 0 Å². The van der Waals surface area contributed by atoms with E-state index in [-0.39, 0.29) is 25.0 Å². The van der Waals surface area contributed by atoms with Gasteiger partial charge >= 0.3 is 12.0 Å². The Kier molecular flexibility index (Phi) is 5.81. The molecule has 0 aliphatic heterocycles. The molecule has 5 nitrogen and oxygen atoms in total. The van der Waals surface area contributed by atoms with Crippen LogP contribution >= 0.6 is 0 Å². The molecule has 1 aliphatic rings. The number of aliphatic carboxylic acids is 1. The summed E-state index contributed by atoms with van der Waals surface area (Å²) >= 11 is 0. The molecule has 0 aromatic heterocycles. The summed E-state index contributed by atoms with van der Waals surface area (Å²) in [6.07, 6.45) is 4.07. The predicted octanol–water partition coefficient (Wildman–Crippen LogP) is 2.83. The third-order valence-corrected chi connectivity index (χ3v) is 4.33. The van der Waals surface area contributed by atoms with Crippen molar-refractivity contribution in [2.75, 3.05) is 13.6 Å². The average Bonchev–Trinajstić information content (AvgIpc) is 2.54. The molecule has 1 aromatic rings. The third kappa shape index (κ3) is 4.76. The van der Waals surface area contributed by atoms with Gasteiger partial charge in [-0.25, -0.2) is 4.79 Å². The highest BCUT2D eigenvalue weighted by molar-refractivity contribution is 5.75. The minimum atomic E-state index is -0.886. The predicted molar refractivity (Wildman–Crippen MR) is 84.9 cm³/mol. The Morgan fingerprint density at radius 1 is 1.18 bits per heavy atom. The van der Waals surface area contributed by atoms with Crippen LogP contribution in [0.5, 0.6) is 0 Å². The number of nitrogens with zero attached hydrogens (tertiary/aromatic N) is 1. The average molecular weight is 304 g/mol. The lowest BCUT2D eigenvalue weighted by molar-refractivity contribution is -0.137. The normalized spacial score (nSPS) is 21.1. The smallest absolute Gasteiger partial charge is 0.317 e. The molecule has 2 rings (SSSR count). The highest BCUT2D eigenvalue weighted by Gasteiger charge is 2.24. The summed E-state index contributed by atoms with van der Waals surface area (Å²) in [4.78, 5) is 24.0. The molecule has 2 N–H and O–H groups in total. The van der Waals surface area contributed by atoms with Gasteiger partial charge in [0.25, 0.3) is 0 Å². The number of nitrogens with one attached hydrogen (secondary N) is 1. The fourth-order valence-corrected chi connectivity index (χ4v) is 2.95. The van der Waals surface area contributed by atoms with E-state index in [2.05, 4.69) is 29.6 Å². The maximum atomic E-state index is 12.0. The number of carboxylic acids is 1. The lowest BCUT2D eigenvalue weighted by Crippen LogP contribution is -2.44. The fraction of sp³-hybridized carbons (Fsp3) is 0.529. The van der Waals surface area contributed by atoms with Crippen LogP contribution in [0.25, 0.3) is 0 Å². The quantitative estimate of drug-likeness (QED) is 0.879. The van der Waals surface area contributed by atoms with Gasteiger partial charge < -0.3 is 15.3 Å². The molecule has 5 heteroatoms. The van der Waals surface area contributed by atoms with Crippen LogP contribution in [0.4, 0.5) is 4.79 Å². The Balaban J connectivity index is 1.75. The largest absolute Gasteiger partial charge is 0.481 e. The van der Waals surface area contributed by atoms with Crippen LogP contribution in [0.3, 0.4) is 0 Å². The molecule has 120 valence electrons. The number of rotatable bonds is 5. The van der Waals surface area contributed by atoms with Gasteiger partial charge in [-0.1, -0.05) is 30.3 Å². The molecule has 22 heavy (non-hydrogen) atoms. The molecule has 0 spiro atoms. The Morgan fingerprint density at radius 3 is 2.41 bits per heavy atom. The summed E-state index contributed by atoms with van der Waals surface area (Å²) < 4.78 is 0. The van der Waals surface area contributed by atoms with E-state index in [1.165, 1.54) is 10.5 Å². The van der Waals surface area contributed by atoms with Crippen molar-refractivity contribution in [3.8, 4) is 0 Å². The molecule has 1 saturated carbocycles. The summed E-state index contributed by atoms with van der Waals surface area (Å²) in [5, 5.41) is 11.7. The van der Waals surface area contributed by atoms with E-state index < -0.39 is 5.97 Å². The zero-order chi connectivity index (χ0) is 15.9. The highest BCUT2D eigenvalue weighted by atomic mass is 16.4. The number of amides is 2. The minimum absolute atomic E-state index is 0.0231. The Bertz CT molecular complexity index is 496. The van der Waals surface area contributed by atoms with E-state index in [1.807, 2.05) is 6.07 Å². The van der Waals surface area contributed by atoms with E-state index in [4.69, 9.17) is 5.11 Å². The first kappa shape index (κ1) is 16.3. The van der Waals surface area contributed by atoms with Crippen molar-refractivity contribution in [2.24, 2.45) is 0 Å². The molecule has 2 amide bonds. The Morgan fingerprint density at radius 2 is 1.82 bits per heavy atom. The monoisotopic (exact) mass is 304 g/mol. The highest BCUT2D eigenvalue weighted by Crippen LogP contribution is 2.32. The Hall–Kier alpha value is -2.04. The second-order valence-corrected chi connectivity index (χ2v) is 5.97. The molecule has 1 aliphatic carbocycles. The zero-order valence-corrected chi connectivity index (χ0v) is 13.0. The number of carbonyl (C=O) groups is 2. The van der Waals surface area contributed by atoms with Gasteiger partial charge in [-0.3, -0.25) is 4.79 Å². The van der Waals surface area contributed by atoms with Gasteiger partial charge in [-0.05, 0) is 37.2 Å². The minimum Gasteiger partial charge on any atom is -0.481 e. The van der Waals surface area contributed by atoms with Gasteiger partial charge in [0.1, 0.15) is 0 Å². The van der Waals surface area contributed by atoms with Crippen LogP contribution in [-0.4, -0.2) is 41.6 Å². The summed E-state index contributed by atoms with van der Waals surface area (Å²) in [6, 6.07) is 10.5. The SMILES string of the molecule is CN(CCC(=O)O)C(=O)NC1CCC(c2ccccc2)CC1. The van der Waals surface area contributed by atoms with Crippen molar-refractivity contribution >= 4 is 12.0 Å². The molecule has 1 aromatic carbocycles. The van der Waals surface area contributed by atoms with Crippen LogP contribution < -0.4 is 5.32 Å². The lowest BCUT2D eigenvalue weighted by Gasteiger charge is -2.30. The van der Waals surface area contributed by atoms with Gasteiger partial charge in [0.05, 0.1) is 6.42 Å². The van der Waals surface area contributed by atoms with Gasteiger partial charge in [-0.15, -0.1) is 0 Å². The van der Waals surface area contributed by atoms with Crippen molar-refractivity contribution < 1.29 is 14.7 Å². The molecule has 0 bridgehead atoms. The van der Waals surface area contributed by atoms with Crippen molar-refractivity contribution in [2.45, 2.75) is 44.1 Å². The number of hydrogen-bond acceptors (Lipinski definition) is 2. The molecule has 0 radical (unpaired) electrons. The molecule has 0 atom stereocenters. The van der Waals surface area contributed by atoms with Gasteiger partial charge in [0.15, 0.2) is 0 Å². The topological polar surface area (TPSA) is 69.6 Å². The second-order valence-electron chi connectivity index (χ2n) is 5.97. The van der Waals surface area contributed by atoms with E-state index >= 15 is 0 Å². The number of carboxylic acid groups (broad SMARTS) is 1. The molecular weight excluding hydrogens is 280 g/mol. The van der Waals surface area contributed by atoms with Crippen LogP contribution in [0.1, 0.15) is 43.6 Å². The molecule has 1 fully saturated rings. The summed E-state index contributed by atoms with van der Waals surface area (Å²) in [6.45, 7) is 0.237. The Labute approximate surface area is 131 Å². The van der Waals surface area contributed by atoms with Crippen LogP contribution in [-0.2, 0) is 4.79 Å². The maximum Gasteiger partial charge on any atom is 0.317 e. The number of benzene rings is 1. The molecular formula is C17H24N2O3. The van der Waals surface area contributed by atoms with E-state index in [0.717, 1.165) is 25.7 Å². The first-order valence-corrected chi connectivity index (χ1v) is 7.84. The standard InChI is InChI=1S/C17H24N2O3/c1-19(12-11-16(20)21)17(22)18-15-9-7-14(8-10-15)13-5-3-2-4-6-13/h2-6,14-15H,7-12H2,1H3,(H,18,22)(H,20,21). The van der Waals surface area contributed by atoms with Crippen molar-refractivity contribution in [3.63, 3.8) is 0 Å². The number of hydrogen-bond donors (Lipinski definition) is 2. The lowest BCUT2D eigenvalue weighted by atomic mass is 9.82. The second kappa shape index (κ2) is 7.82. The third-order valence-electron chi connectivity index (χ3n) is 4.33. The molecule has 0 saturated heterocycles. The van der Waals surface area contributed by atoms with Crippen LogP contribution in [0.2, 0.25) is 0 Å². The maximum absolute atomic E-state index is 12.0. The van der Waals surface area contributed by atoms with Gasteiger partial charge in [-0.2, -0.15) is 0 Å². The van der Waals surface area contributed by atoms with Crippen molar-refractivity contribution in [1.82, 2.24) is 10.2 Å². The van der Waals surface area contributed by atoms with E-state index in [0.29, 0.717) is 5.92 Å². The van der Waals surface area contributed by atoms with Crippen LogP contribution in [0.15, 0.2) is 30.3 Å². The first-order valence-electron chi connectivity index (χ1n) is 7.84. The molecule has 0 heterocycles. The van der Waals surface area contributed by atoms with E-state index in [9.17, 15) is 9.59 Å². The summed E-state index contributed by atoms with van der Waals surface area (Å²) in [5.74, 6) is -0.304. The first-order chi connectivity index (χ1) is 10.6. The van der Waals surface area contributed by atoms with Crippen LogP contribution in [0, 0.1) is 0 Å².